The minimum atomic E-state index is -5.08. The second kappa shape index (κ2) is 11.1. The number of rotatable bonds is 6. The number of nitrogens with one attached hydrogen (secondary N) is 2. The molecule has 0 atom stereocenters. The first kappa shape index (κ1) is 26.1. The van der Waals surface area contributed by atoms with Gasteiger partial charge in [0.2, 0.25) is 0 Å². The van der Waals surface area contributed by atoms with Gasteiger partial charge in [-0.3, -0.25) is 9.52 Å². The number of hydrogen-bond acceptors (Lipinski definition) is 6. The Kier molecular flexibility index (Phi) is 8.56. The summed E-state index contributed by atoms with van der Waals surface area (Å²) < 4.78 is 64.0. The first-order valence-electron chi connectivity index (χ1n) is 9.22. The van der Waals surface area contributed by atoms with Crippen LogP contribution in [0.3, 0.4) is 0 Å². The lowest BCUT2D eigenvalue weighted by molar-refractivity contribution is -0.192. The van der Waals surface area contributed by atoms with Crippen molar-refractivity contribution in [3.05, 3.63) is 78.5 Å². The number of carbonyl (C=O) groups is 2. The van der Waals surface area contributed by atoms with E-state index in [1.54, 1.807) is 42.5 Å². The van der Waals surface area contributed by atoms with Crippen molar-refractivity contribution in [1.82, 2.24) is 4.98 Å². The number of aromatic nitrogens is 1. The molecule has 0 fully saturated rings. The Hall–Kier alpha value is -4.13. The Morgan fingerprint density at radius 2 is 1.65 bits per heavy atom. The first-order chi connectivity index (χ1) is 15.9. The van der Waals surface area contributed by atoms with E-state index in [0.717, 1.165) is 0 Å². The molecule has 1 amide bonds. The standard InChI is InChI=1S/C19H17N3O4S.C2HF3O2/c1-26-16-6-4-5-14(13-16)19(23)21-15-8-10-17(11-9-15)27(24,25)22-18-7-2-3-12-20-18;3-2(4,5)1(6)7/h2-13H,1H3,(H,20,22)(H,21,23);(H,6,7). The van der Waals surface area contributed by atoms with E-state index in [1.165, 1.54) is 37.6 Å². The van der Waals surface area contributed by atoms with E-state index in [2.05, 4.69) is 15.0 Å². The molecule has 0 unspecified atom stereocenters. The minimum Gasteiger partial charge on any atom is -0.497 e. The molecule has 0 aliphatic heterocycles. The Morgan fingerprint density at radius 3 is 2.18 bits per heavy atom. The van der Waals surface area contributed by atoms with Crippen LogP contribution >= 0.6 is 0 Å². The molecule has 0 bridgehead atoms. The summed E-state index contributed by atoms with van der Waals surface area (Å²) in [6.07, 6.45) is -3.59. The van der Waals surface area contributed by atoms with Crippen LogP contribution in [0.25, 0.3) is 0 Å². The highest BCUT2D eigenvalue weighted by molar-refractivity contribution is 7.92. The lowest BCUT2D eigenvalue weighted by Gasteiger charge is -2.09. The van der Waals surface area contributed by atoms with Crippen LogP contribution < -0.4 is 14.8 Å². The topological polar surface area (TPSA) is 135 Å². The summed E-state index contributed by atoms with van der Waals surface area (Å²) in [6.45, 7) is 0. The number of benzene rings is 2. The van der Waals surface area contributed by atoms with Crippen molar-refractivity contribution in [3.63, 3.8) is 0 Å². The fourth-order valence-electron chi connectivity index (χ4n) is 2.30. The second-order valence-electron chi connectivity index (χ2n) is 6.33. The number of aliphatic carboxylic acids is 1. The lowest BCUT2D eigenvalue weighted by atomic mass is 10.2. The van der Waals surface area contributed by atoms with Crippen LogP contribution in [0.1, 0.15) is 10.4 Å². The molecule has 34 heavy (non-hydrogen) atoms. The maximum atomic E-state index is 12.4. The van der Waals surface area contributed by atoms with Gasteiger partial charge < -0.3 is 15.2 Å². The number of alkyl halides is 3. The zero-order chi connectivity index (χ0) is 25.4. The van der Waals surface area contributed by atoms with E-state index < -0.39 is 22.2 Å². The summed E-state index contributed by atoms with van der Waals surface area (Å²) in [5.41, 5.74) is 0.905. The van der Waals surface area contributed by atoms with Crippen LogP contribution in [-0.4, -0.2) is 43.7 Å². The van der Waals surface area contributed by atoms with Crippen molar-refractivity contribution in [2.45, 2.75) is 11.1 Å². The zero-order valence-corrected chi connectivity index (χ0v) is 18.2. The van der Waals surface area contributed by atoms with Crippen LogP contribution in [0, 0.1) is 0 Å². The van der Waals surface area contributed by atoms with Crippen molar-refractivity contribution in [3.8, 4) is 5.75 Å². The maximum Gasteiger partial charge on any atom is 0.490 e. The Morgan fingerprint density at radius 1 is 1.00 bits per heavy atom. The van der Waals surface area contributed by atoms with Crippen LogP contribution in [0.4, 0.5) is 24.7 Å². The molecular weight excluding hydrogens is 479 g/mol. The van der Waals surface area contributed by atoms with Gasteiger partial charge in [-0.05, 0) is 54.6 Å². The molecule has 3 N–H and O–H groups in total. The summed E-state index contributed by atoms with van der Waals surface area (Å²) in [5.74, 6) is -2.28. The molecule has 0 radical (unpaired) electrons. The van der Waals surface area contributed by atoms with E-state index in [-0.39, 0.29) is 16.6 Å². The summed E-state index contributed by atoms with van der Waals surface area (Å²) in [7, 11) is -2.24. The van der Waals surface area contributed by atoms with E-state index in [0.29, 0.717) is 17.0 Å². The Balaban J connectivity index is 0.000000509. The smallest absolute Gasteiger partial charge is 0.490 e. The highest BCUT2D eigenvalue weighted by Gasteiger charge is 2.38. The number of methoxy groups -OCH3 is 1. The third kappa shape index (κ3) is 7.78. The van der Waals surface area contributed by atoms with Gasteiger partial charge in [0.05, 0.1) is 12.0 Å². The number of amides is 1. The number of carbonyl (C=O) groups excluding carboxylic acids is 1. The van der Waals surface area contributed by atoms with Gasteiger partial charge in [-0.15, -0.1) is 0 Å². The van der Waals surface area contributed by atoms with Crippen LogP contribution in [-0.2, 0) is 14.8 Å². The number of hydrogen-bond donors (Lipinski definition) is 3. The zero-order valence-electron chi connectivity index (χ0n) is 17.4. The fourth-order valence-corrected chi connectivity index (χ4v) is 3.31. The van der Waals surface area contributed by atoms with E-state index in [9.17, 15) is 26.4 Å². The number of pyridine rings is 1. The minimum absolute atomic E-state index is 0.0625. The van der Waals surface area contributed by atoms with E-state index >= 15 is 0 Å². The molecule has 0 spiro atoms. The van der Waals surface area contributed by atoms with Gasteiger partial charge in [0.1, 0.15) is 11.6 Å². The second-order valence-corrected chi connectivity index (χ2v) is 8.02. The maximum absolute atomic E-state index is 12.4. The highest BCUT2D eigenvalue weighted by Crippen LogP contribution is 2.19. The summed E-state index contributed by atoms with van der Waals surface area (Å²) in [5, 5.41) is 9.84. The number of anilines is 2. The molecule has 0 aliphatic rings. The van der Waals surface area contributed by atoms with Gasteiger partial charge in [-0.2, -0.15) is 13.2 Å². The molecule has 180 valence electrons. The van der Waals surface area contributed by atoms with Crippen molar-refractivity contribution >= 4 is 33.4 Å². The van der Waals surface area contributed by atoms with Crippen LogP contribution in [0.5, 0.6) is 5.75 Å². The number of carboxylic acid groups (broad SMARTS) is 1. The molecular formula is C21H18F3N3O6S. The molecule has 13 heteroatoms. The summed E-state index contributed by atoms with van der Waals surface area (Å²) in [6, 6.07) is 17.5. The van der Waals surface area contributed by atoms with Gasteiger partial charge in [0.25, 0.3) is 15.9 Å². The molecule has 0 aliphatic carbocycles. The van der Waals surface area contributed by atoms with Gasteiger partial charge in [0, 0.05) is 17.4 Å². The monoisotopic (exact) mass is 497 g/mol. The molecule has 2 aromatic carbocycles. The third-order valence-electron chi connectivity index (χ3n) is 3.90. The van der Waals surface area contributed by atoms with E-state index in [1.807, 2.05) is 0 Å². The van der Waals surface area contributed by atoms with Crippen LogP contribution in [0.15, 0.2) is 77.8 Å². The molecule has 0 saturated heterocycles. The molecule has 1 aromatic heterocycles. The molecule has 3 rings (SSSR count). The van der Waals surface area contributed by atoms with Crippen molar-refractivity contribution < 1.29 is 41.0 Å². The fraction of sp³-hybridized carbons (Fsp3) is 0.0952. The predicted molar refractivity (Wildman–Crippen MR) is 116 cm³/mol. The van der Waals surface area contributed by atoms with Gasteiger partial charge in [-0.1, -0.05) is 12.1 Å². The molecule has 1 heterocycles. The van der Waals surface area contributed by atoms with Gasteiger partial charge >= 0.3 is 12.1 Å². The molecule has 0 saturated carbocycles. The largest absolute Gasteiger partial charge is 0.497 e. The Labute approximate surface area is 192 Å². The highest BCUT2D eigenvalue weighted by atomic mass is 32.2. The van der Waals surface area contributed by atoms with Crippen molar-refractivity contribution in [2.75, 3.05) is 17.1 Å². The third-order valence-corrected chi connectivity index (χ3v) is 5.27. The number of ether oxygens (including phenoxy) is 1. The average molecular weight is 497 g/mol. The lowest BCUT2D eigenvalue weighted by Crippen LogP contribution is -2.21. The van der Waals surface area contributed by atoms with Crippen LogP contribution in [0.2, 0.25) is 0 Å². The summed E-state index contributed by atoms with van der Waals surface area (Å²) >= 11 is 0. The number of carboxylic acids is 1. The van der Waals surface area contributed by atoms with Crippen molar-refractivity contribution in [2.24, 2.45) is 0 Å². The normalized spacial score (nSPS) is 10.9. The first-order valence-corrected chi connectivity index (χ1v) is 10.7. The number of halogens is 3. The quantitative estimate of drug-likeness (QED) is 0.472. The number of sulfonamides is 1. The van der Waals surface area contributed by atoms with Gasteiger partial charge in [-0.25, -0.2) is 18.2 Å². The average Bonchev–Trinajstić information content (AvgIpc) is 2.79. The summed E-state index contributed by atoms with van der Waals surface area (Å²) in [4.78, 5) is 25.2. The Bertz CT molecular complexity index is 1230. The van der Waals surface area contributed by atoms with E-state index in [4.69, 9.17) is 14.6 Å². The van der Waals surface area contributed by atoms with Gasteiger partial charge in [0.15, 0.2) is 0 Å². The van der Waals surface area contributed by atoms with Crippen molar-refractivity contribution in [1.29, 1.82) is 0 Å². The predicted octanol–water partition coefficient (Wildman–Crippen LogP) is 3.78. The number of nitrogens with zero attached hydrogens (tertiary/aromatic N) is 1. The molecule has 3 aromatic rings. The SMILES string of the molecule is COc1cccc(C(=O)Nc2ccc(S(=O)(=O)Nc3ccccn3)cc2)c1.O=C(O)C(F)(F)F. The molecule has 9 nitrogen and oxygen atoms in total.